The molecule has 2 aromatic rings. The summed E-state index contributed by atoms with van der Waals surface area (Å²) < 4.78 is 0. The van der Waals surface area contributed by atoms with Gasteiger partial charge in [0.25, 0.3) is 0 Å². The van der Waals surface area contributed by atoms with Crippen LogP contribution in [0, 0.1) is 0 Å². The summed E-state index contributed by atoms with van der Waals surface area (Å²) >= 11 is 0. The van der Waals surface area contributed by atoms with E-state index in [0.29, 0.717) is 12.0 Å². The maximum atomic E-state index is 4.13. The molecule has 21 heavy (non-hydrogen) atoms. The fraction of sp³-hybridized carbons (Fsp3) is 0.421. The highest BCUT2D eigenvalue weighted by atomic mass is 14.9. The molecule has 110 valence electrons. The summed E-state index contributed by atoms with van der Waals surface area (Å²) in [5.74, 6) is 0.628. The SMILES string of the molecule is CCNC(Cc1ccncc1)C1CCCc2ccccc21. The van der Waals surface area contributed by atoms with Crippen LogP contribution in [-0.2, 0) is 12.8 Å². The minimum Gasteiger partial charge on any atom is -0.313 e. The Bertz CT molecular complexity index is 565. The van der Waals surface area contributed by atoms with Gasteiger partial charge in [-0.3, -0.25) is 4.98 Å². The first-order chi connectivity index (χ1) is 10.4. The van der Waals surface area contributed by atoms with E-state index in [9.17, 15) is 0 Å². The van der Waals surface area contributed by atoms with Crippen molar-refractivity contribution in [2.24, 2.45) is 0 Å². The molecule has 2 heteroatoms. The molecule has 0 radical (unpaired) electrons. The molecule has 1 N–H and O–H groups in total. The van der Waals surface area contributed by atoms with Crippen molar-refractivity contribution >= 4 is 0 Å². The number of rotatable bonds is 5. The van der Waals surface area contributed by atoms with E-state index in [1.54, 1.807) is 11.1 Å². The second kappa shape index (κ2) is 6.86. The third-order valence-electron chi connectivity index (χ3n) is 4.57. The predicted molar refractivity (Wildman–Crippen MR) is 87.5 cm³/mol. The van der Waals surface area contributed by atoms with Gasteiger partial charge in [0.05, 0.1) is 0 Å². The number of pyridine rings is 1. The lowest BCUT2D eigenvalue weighted by molar-refractivity contribution is 0.396. The molecular formula is C19H24N2. The van der Waals surface area contributed by atoms with Crippen LogP contribution in [0.4, 0.5) is 0 Å². The first-order valence-electron chi connectivity index (χ1n) is 8.08. The second-order valence-electron chi connectivity index (χ2n) is 5.92. The summed E-state index contributed by atoms with van der Waals surface area (Å²) in [6, 6.07) is 13.8. The van der Waals surface area contributed by atoms with Crippen molar-refractivity contribution in [3.8, 4) is 0 Å². The first-order valence-corrected chi connectivity index (χ1v) is 8.08. The van der Waals surface area contributed by atoms with Crippen LogP contribution in [0.25, 0.3) is 0 Å². The Labute approximate surface area is 127 Å². The standard InChI is InChI=1S/C19H24N2/c1-2-21-19(14-15-10-12-20-13-11-15)18-9-5-7-16-6-3-4-8-17(16)18/h3-4,6,8,10-13,18-19,21H,2,5,7,9,14H2,1H3. The number of hydrogen-bond donors (Lipinski definition) is 1. The largest absolute Gasteiger partial charge is 0.313 e. The summed E-state index contributed by atoms with van der Waals surface area (Å²) in [6.07, 6.45) is 8.70. The van der Waals surface area contributed by atoms with Crippen molar-refractivity contribution in [1.29, 1.82) is 0 Å². The van der Waals surface area contributed by atoms with E-state index in [4.69, 9.17) is 0 Å². The van der Waals surface area contributed by atoms with E-state index in [1.165, 1.54) is 24.8 Å². The predicted octanol–water partition coefficient (Wildman–Crippen LogP) is 3.72. The number of nitrogens with one attached hydrogen (secondary N) is 1. The summed E-state index contributed by atoms with van der Waals surface area (Å²) in [6.45, 7) is 3.22. The number of aromatic nitrogens is 1. The van der Waals surface area contributed by atoms with E-state index >= 15 is 0 Å². The lowest BCUT2D eigenvalue weighted by atomic mass is 9.77. The van der Waals surface area contributed by atoms with Gasteiger partial charge in [-0.1, -0.05) is 31.2 Å². The van der Waals surface area contributed by atoms with Gasteiger partial charge in [-0.2, -0.15) is 0 Å². The van der Waals surface area contributed by atoms with E-state index in [1.807, 2.05) is 12.4 Å². The van der Waals surface area contributed by atoms with Gasteiger partial charge < -0.3 is 5.32 Å². The number of benzene rings is 1. The maximum absolute atomic E-state index is 4.13. The van der Waals surface area contributed by atoms with Gasteiger partial charge in [0, 0.05) is 18.4 Å². The van der Waals surface area contributed by atoms with E-state index < -0.39 is 0 Å². The minimum absolute atomic E-state index is 0.513. The van der Waals surface area contributed by atoms with Gasteiger partial charge >= 0.3 is 0 Å². The second-order valence-corrected chi connectivity index (χ2v) is 5.92. The van der Waals surface area contributed by atoms with E-state index in [-0.39, 0.29) is 0 Å². The summed E-state index contributed by atoms with van der Waals surface area (Å²) in [5.41, 5.74) is 4.48. The molecule has 0 bridgehead atoms. The summed E-state index contributed by atoms with van der Waals surface area (Å²) in [4.78, 5) is 4.13. The Balaban J connectivity index is 1.84. The van der Waals surface area contributed by atoms with Gasteiger partial charge in [0.1, 0.15) is 0 Å². The molecule has 0 spiro atoms. The van der Waals surface area contributed by atoms with Crippen molar-refractivity contribution in [2.45, 2.75) is 44.6 Å². The molecule has 1 aromatic heterocycles. The number of aryl methyl sites for hydroxylation is 1. The van der Waals surface area contributed by atoms with Gasteiger partial charge in [-0.25, -0.2) is 0 Å². The quantitative estimate of drug-likeness (QED) is 0.903. The van der Waals surface area contributed by atoms with Crippen molar-refractivity contribution < 1.29 is 0 Å². The average Bonchev–Trinajstić information content (AvgIpc) is 2.55. The van der Waals surface area contributed by atoms with Gasteiger partial charge in [-0.05, 0) is 67.0 Å². The van der Waals surface area contributed by atoms with Crippen LogP contribution in [0.5, 0.6) is 0 Å². The van der Waals surface area contributed by atoms with E-state index in [0.717, 1.165) is 13.0 Å². The van der Waals surface area contributed by atoms with Gasteiger partial charge in [-0.15, -0.1) is 0 Å². The number of likely N-dealkylation sites (N-methyl/N-ethyl adjacent to an activating group) is 1. The minimum atomic E-state index is 0.513. The molecule has 1 heterocycles. The van der Waals surface area contributed by atoms with Crippen LogP contribution in [0.3, 0.4) is 0 Å². The van der Waals surface area contributed by atoms with Crippen molar-refractivity contribution in [3.05, 3.63) is 65.5 Å². The lowest BCUT2D eigenvalue weighted by Gasteiger charge is -2.33. The molecule has 1 aliphatic carbocycles. The van der Waals surface area contributed by atoms with Crippen LogP contribution < -0.4 is 5.32 Å². The number of nitrogens with zero attached hydrogens (tertiary/aromatic N) is 1. The third-order valence-corrected chi connectivity index (χ3v) is 4.57. The Morgan fingerprint density at radius 3 is 2.81 bits per heavy atom. The normalized spacial score (nSPS) is 19.0. The van der Waals surface area contributed by atoms with Crippen LogP contribution in [0.15, 0.2) is 48.8 Å². The van der Waals surface area contributed by atoms with E-state index in [2.05, 4.69) is 53.6 Å². The summed E-state index contributed by atoms with van der Waals surface area (Å²) in [7, 11) is 0. The Hall–Kier alpha value is -1.67. The Morgan fingerprint density at radius 1 is 1.19 bits per heavy atom. The highest BCUT2D eigenvalue weighted by molar-refractivity contribution is 5.34. The van der Waals surface area contributed by atoms with Crippen molar-refractivity contribution in [2.75, 3.05) is 6.54 Å². The van der Waals surface area contributed by atoms with Crippen LogP contribution in [0.1, 0.15) is 42.4 Å². The van der Waals surface area contributed by atoms with Gasteiger partial charge in [0.15, 0.2) is 0 Å². The highest BCUT2D eigenvalue weighted by Crippen LogP contribution is 2.34. The van der Waals surface area contributed by atoms with Crippen LogP contribution in [0.2, 0.25) is 0 Å². The first kappa shape index (κ1) is 14.3. The molecule has 0 saturated heterocycles. The number of fused-ring (bicyclic) bond motifs is 1. The molecule has 0 amide bonds. The summed E-state index contributed by atoms with van der Waals surface area (Å²) in [5, 5.41) is 3.72. The fourth-order valence-electron chi connectivity index (χ4n) is 3.60. The molecule has 0 fully saturated rings. The maximum Gasteiger partial charge on any atom is 0.0270 e. The highest BCUT2D eigenvalue weighted by Gasteiger charge is 2.27. The monoisotopic (exact) mass is 280 g/mol. The average molecular weight is 280 g/mol. The molecule has 2 unspecified atom stereocenters. The molecule has 0 saturated carbocycles. The lowest BCUT2D eigenvalue weighted by Crippen LogP contribution is -2.38. The smallest absolute Gasteiger partial charge is 0.0270 e. The Kier molecular flexibility index (Phi) is 4.66. The molecule has 0 aliphatic heterocycles. The molecular weight excluding hydrogens is 256 g/mol. The van der Waals surface area contributed by atoms with Crippen LogP contribution in [-0.4, -0.2) is 17.6 Å². The Morgan fingerprint density at radius 2 is 2.00 bits per heavy atom. The molecule has 3 rings (SSSR count). The zero-order chi connectivity index (χ0) is 14.5. The third kappa shape index (κ3) is 3.33. The molecule has 2 nitrogen and oxygen atoms in total. The molecule has 1 aromatic carbocycles. The number of hydrogen-bond acceptors (Lipinski definition) is 2. The topological polar surface area (TPSA) is 24.9 Å². The van der Waals surface area contributed by atoms with Crippen molar-refractivity contribution in [3.63, 3.8) is 0 Å². The molecule has 2 atom stereocenters. The zero-order valence-electron chi connectivity index (χ0n) is 12.8. The fourth-order valence-corrected chi connectivity index (χ4v) is 3.60. The zero-order valence-corrected chi connectivity index (χ0v) is 12.8. The van der Waals surface area contributed by atoms with Crippen molar-refractivity contribution in [1.82, 2.24) is 10.3 Å². The van der Waals surface area contributed by atoms with Crippen LogP contribution >= 0.6 is 0 Å². The molecule has 1 aliphatic rings. The van der Waals surface area contributed by atoms with Gasteiger partial charge in [0.2, 0.25) is 0 Å².